The molecule has 1 unspecified atom stereocenters. The summed E-state index contributed by atoms with van der Waals surface area (Å²) >= 11 is 0. The van der Waals surface area contributed by atoms with E-state index >= 15 is 0 Å². The molecule has 1 aromatic heterocycles. The van der Waals surface area contributed by atoms with Gasteiger partial charge in [0.15, 0.2) is 0 Å². The quantitative estimate of drug-likeness (QED) is 0.741. The first-order valence-electron chi connectivity index (χ1n) is 5.83. The minimum atomic E-state index is -0.615. The first-order chi connectivity index (χ1) is 8.74. The number of piperazine rings is 1. The molecular formula is C11H15N3O4. The number of nitrogens with zero attached hydrogens (tertiary/aromatic N) is 2. The van der Waals surface area contributed by atoms with Gasteiger partial charge in [0, 0.05) is 25.7 Å². The van der Waals surface area contributed by atoms with E-state index < -0.39 is 12.0 Å². The zero-order chi connectivity index (χ0) is 13.0. The molecule has 0 spiro atoms. The van der Waals surface area contributed by atoms with Gasteiger partial charge in [0.1, 0.15) is 6.04 Å². The molecule has 98 valence electrons. The largest absolute Gasteiger partial charge is 0.464 e. The van der Waals surface area contributed by atoms with Crippen LogP contribution < -0.4 is 5.32 Å². The predicted octanol–water partition coefficient (Wildman–Crippen LogP) is -0.348. The third-order valence-corrected chi connectivity index (χ3v) is 2.71. The molecule has 18 heavy (non-hydrogen) atoms. The summed E-state index contributed by atoms with van der Waals surface area (Å²) in [5, 5.41) is 6.55. The standard InChI is InChI=1S/C11H15N3O4/c1-2-17-11(16)8-7-12-5-6-14(8)10(15)9-3-4-13-18-9/h3-4,8,12H,2,5-7H2,1H3. The molecule has 1 aromatic rings. The fourth-order valence-corrected chi connectivity index (χ4v) is 1.86. The Balaban J connectivity index is 2.12. The molecule has 1 aliphatic rings. The molecule has 0 saturated carbocycles. The maximum atomic E-state index is 12.1. The average Bonchev–Trinajstić information content (AvgIpc) is 2.92. The molecule has 1 aliphatic heterocycles. The molecule has 0 radical (unpaired) electrons. The van der Waals surface area contributed by atoms with Crippen molar-refractivity contribution in [3.63, 3.8) is 0 Å². The normalized spacial score (nSPS) is 19.6. The van der Waals surface area contributed by atoms with Gasteiger partial charge in [0.25, 0.3) is 5.91 Å². The number of carbonyl (C=O) groups excluding carboxylic acids is 2. The fraction of sp³-hybridized carbons (Fsp3) is 0.545. The average molecular weight is 253 g/mol. The van der Waals surface area contributed by atoms with Crippen LogP contribution in [0.1, 0.15) is 17.5 Å². The first-order valence-corrected chi connectivity index (χ1v) is 5.83. The lowest BCUT2D eigenvalue weighted by atomic mass is 10.2. The van der Waals surface area contributed by atoms with E-state index in [0.29, 0.717) is 26.2 Å². The van der Waals surface area contributed by atoms with Gasteiger partial charge < -0.3 is 19.5 Å². The molecule has 1 fully saturated rings. The van der Waals surface area contributed by atoms with Crippen molar-refractivity contribution in [1.82, 2.24) is 15.4 Å². The van der Waals surface area contributed by atoms with Gasteiger partial charge in [-0.05, 0) is 6.92 Å². The number of nitrogens with one attached hydrogen (secondary N) is 1. The highest BCUT2D eigenvalue weighted by atomic mass is 16.5. The molecule has 0 aromatic carbocycles. The van der Waals surface area contributed by atoms with Crippen molar-refractivity contribution in [1.29, 1.82) is 0 Å². The van der Waals surface area contributed by atoms with Crippen molar-refractivity contribution >= 4 is 11.9 Å². The van der Waals surface area contributed by atoms with Crippen LogP contribution in [0.3, 0.4) is 0 Å². The van der Waals surface area contributed by atoms with Crippen LogP contribution in [-0.4, -0.2) is 54.2 Å². The third kappa shape index (κ3) is 2.51. The van der Waals surface area contributed by atoms with Crippen molar-refractivity contribution in [3.8, 4) is 0 Å². The maximum Gasteiger partial charge on any atom is 0.330 e. The summed E-state index contributed by atoms with van der Waals surface area (Å²) in [6, 6.07) is 0.864. The Kier molecular flexibility index (Phi) is 3.93. The number of ether oxygens (including phenoxy) is 1. The van der Waals surface area contributed by atoms with Gasteiger partial charge in [-0.15, -0.1) is 0 Å². The summed E-state index contributed by atoms with van der Waals surface area (Å²) in [4.78, 5) is 25.4. The zero-order valence-corrected chi connectivity index (χ0v) is 10.1. The lowest BCUT2D eigenvalue weighted by Crippen LogP contribution is -2.57. The monoisotopic (exact) mass is 253 g/mol. The summed E-state index contributed by atoms with van der Waals surface area (Å²) in [6.07, 6.45) is 1.40. The Bertz CT molecular complexity index is 418. The van der Waals surface area contributed by atoms with Crippen LogP contribution >= 0.6 is 0 Å². The van der Waals surface area contributed by atoms with Crippen LogP contribution in [0.15, 0.2) is 16.8 Å². The van der Waals surface area contributed by atoms with Crippen LogP contribution in [0.5, 0.6) is 0 Å². The second-order valence-corrected chi connectivity index (χ2v) is 3.85. The molecule has 7 nitrogen and oxygen atoms in total. The highest BCUT2D eigenvalue weighted by molar-refractivity contribution is 5.94. The van der Waals surface area contributed by atoms with E-state index in [1.165, 1.54) is 17.2 Å². The Morgan fingerprint density at radius 2 is 2.50 bits per heavy atom. The van der Waals surface area contributed by atoms with Gasteiger partial charge in [-0.25, -0.2) is 4.79 Å². The number of hydrogen-bond donors (Lipinski definition) is 1. The summed E-state index contributed by atoms with van der Waals surface area (Å²) in [5.74, 6) is -0.615. The van der Waals surface area contributed by atoms with Crippen LogP contribution in [0, 0.1) is 0 Å². The predicted molar refractivity (Wildman–Crippen MR) is 60.8 cm³/mol. The SMILES string of the molecule is CCOC(=O)C1CNCCN1C(=O)c1ccno1. The van der Waals surface area contributed by atoms with E-state index in [0.717, 1.165) is 0 Å². The smallest absolute Gasteiger partial charge is 0.330 e. The zero-order valence-electron chi connectivity index (χ0n) is 10.1. The molecule has 1 amide bonds. The Labute approximate surface area is 104 Å². The topological polar surface area (TPSA) is 84.7 Å². The van der Waals surface area contributed by atoms with Crippen LogP contribution in [0.25, 0.3) is 0 Å². The van der Waals surface area contributed by atoms with E-state index in [9.17, 15) is 9.59 Å². The van der Waals surface area contributed by atoms with E-state index in [1.54, 1.807) is 6.92 Å². The molecule has 7 heteroatoms. The van der Waals surface area contributed by atoms with Crippen molar-refractivity contribution in [2.75, 3.05) is 26.2 Å². The summed E-state index contributed by atoms with van der Waals surface area (Å²) in [6.45, 7) is 3.48. The van der Waals surface area contributed by atoms with Gasteiger partial charge in [-0.1, -0.05) is 5.16 Å². The van der Waals surface area contributed by atoms with Crippen molar-refractivity contribution in [2.24, 2.45) is 0 Å². The second kappa shape index (κ2) is 5.63. The minimum absolute atomic E-state index is 0.131. The van der Waals surface area contributed by atoms with Crippen molar-refractivity contribution < 1.29 is 18.8 Å². The summed E-state index contributed by atoms with van der Waals surface area (Å²) < 4.78 is 9.78. The highest BCUT2D eigenvalue weighted by Crippen LogP contribution is 2.11. The van der Waals surface area contributed by atoms with Crippen LogP contribution in [0.2, 0.25) is 0 Å². The molecule has 1 atom stereocenters. The number of rotatable bonds is 3. The van der Waals surface area contributed by atoms with Crippen LogP contribution in [0.4, 0.5) is 0 Å². The van der Waals surface area contributed by atoms with Gasteiger partial charge in [0.05, 0.1) is 12.8 Å². The van der Waals surface area contributed by atoms with E-state index in [2.05, 4.69) is 10.5 Å². The van der Waals surface area contributed by atoms with E-state index in [1.807, 2.05) is 0 Å². The van der Waals surface area contributed by atoms with Crippen LogP contribution in [-0.2, 0) is 9.53 Å². The number of amides is 1. The van der Waals surface area contributed by atoms with Gasteiger partial charge in [0.2, 0.25) is 5.76 Å². The van der Waals surface area contributed by atoms with Gasteiger partial charge in [-0.3, -0.25) is 4.79 Å². The fourth-order valence-electron chi connectivity index (χ4n) is 1.86. The Morgan fingerprint density at radius 3 is 3.17 bits per heavy atom. The van der Waals surface area contributed by atoms with E-state index in [4.69, 9.17) is 9.26 Å². The number of aromatic nitrogens is 1. The second-order valence-electron chi connectivity index (χ2n) is 3.85. The molecule has 2 heterocycles. The number of carbonyl (C=O) groups is 2. The molecule has 0 aliphatic carbocycles. The number of esters is 1. The highest BCUT2D eigenvalue weighted by Gasteiger charge is 2.34. The lowest BCUT2D eigenvalue weighted by molar-refractivity contribution is -0.149. The molecule has 1 saturated heterocycles. The Hall–Kier alpha value is -1.89. The minimum Gasteiger partial charge on any atom is -0.464 e. The molecular weight excluding hydrogens is 238 g/mol. The number of hydrogen-bond acceptors (Lipinski definition) is 6. The molecule has 2 rings (SSSR count). The summed E-state index contributed by atoms with van der Waals surface area (Å²) in [7, 11) is 0. The lowest BCUT2D eigenvalue weighted by Gasteiger charge is -2.33. The first kappa shape index (κ1) is 12.6. The summed E-state index contributed by atoms with van der Waals surface area (Å²) in [5.41, 5.74) is 0. The van der Waals surface area contributed by atoms with Crippen molar-refractivity contribution in [3.05, 3.63) is 18.0 Å². The van der Waals surface area contributed by atoms with Gasteiger partial charge >= 0.3 is 5.97 Å². The van der Waals surface area contributed by atoms with Gasteiger partial charge in [-0.2, -0.15) is 0 Å². The van der Waals surface area contributed by atoms with Crippen molar-refractivity contribution in [2.45, 2.75) is 13.0 Å². The van der Waals surface area contributed by atoms with E-state index in [-0.39, 0.29) is 11.7 Å². The maximum absolute atomic E-state index is 12.1. The molecule has 0 bridgehead atoms. The third-order valence-electron chi connectivity index (χ3n) is 2.71. The Morgan fingerprint density at radius 1 is 1.67 bits per heavy atom. The molecule has 1 N–H and O–H groups in total.